The Morgan fingerprint density at radius 3 is 2.29 bits per heavy atom. The summed E-state index contributed by atoms with van der Waals surface area (Å²) in [5.74, 6) is -0.920. The molecule has 0 heterocycles. The van der Waals surface area contributed by atoms with Gasteiger partial charge in [-0.15, -0.1) is 0 Å². The van der Waals surface area contributed by atoms with Crippen LogP contribution in [0, 0.1) is 0 Å². The molecule has 2 aromatic rings. The Morgan fingerprint density at radius 1 is 1.05 bits per heavy atom. The van der Waals surface area contributed by atoms with Crippen molar-refractivity contribution in [2.24, 2.45) is 0 Å². The number of ether oxygens (including phenoxy) is 1. The van der Waals surface area contributed by atoms with Gasteiger partial charge in [0.05, 0.1) is 6.61 Å². The number of carbonyl (C=O) groups is 1. The minimum atomic E-state index is -0.920. The summed E-state index contributed by atoms with van der Waals surface area (Å²) in [5, 5.41) is 9.35. The average molecular weight is 284 g/mol. The summed E-state index contributed by atoms with van der Waals surface area (Å²) in [6, 6.07) is 17.5. The topological polar surface area (TPSA) is 46.5 Å². The van der Waals surface area contributed by atoms with Crippen molar-refractivity contribution < 1.29 is 14.6 Å². The molecule has 1 unspecified atom stereocenters. The van der Waals surface area contributed by atoms with Gasteiger partial charge in [-0.3, -0.25) is 0 Å². The van der Waals surface area contributed by atoms with E-state index < -0.39 is 12.1 Å². The fourth-order valence-corrected chi connectivity index (χ4v) is 2.29. The lowest BCUT2D eigenvalue weighted by molar-refractivity contribution is -0.151. The summed E-state index contributed by atoms with van der Waals surface area (Å²) >= 11 is 0. The largest absolute Gasteiger partial charge is 0.479 e. The van der Waals surface area contributed by atoms with Crippen LogP contribution in [0.1, 0.15) is 23.6 Å². The molecule has 2 aromatic carbocycles. The summed E-state index contributed by atoms with van der Waals surface area (Å²) in [6.45, 7) is 2.38. The van der Waals surface area contributed by atoms with Gasteiger partial charge in [0.25, 0.3) is 0 Å². The lowest BCUT2D eigenvalue weighted by atomic mass is 10.00. The molecular formula is C18H20O3. The summed E-state index contributed by atoms with van der Waals surface area (Å²) in [5.41, 5.74) is 3.19. The Balaban J connectivity index is 2.04. The average Bonchev–Trinajstić information content (AvgIpc) is 2.52. The molecule has 0 radical (unpaired) electrons. The van der Waals surface area contributed by atoms with Gasteiger partial charge in [-0.2, -0.15) is 0 Å². The van der Waals surface area contributed by atoms with Gasteiger partial charge in [0, 0.05) is 6.42 Å². The second kappa shape index (κ2) is 7.60. The smallest absolute Gasteiger partial charge is 0.333 e. The highest BCUT2D eigenvalue weighted by molar-refractivity contribution is 5.72. The maximum atomic E-state index is 11.4. The second-order valence-electron chi connectivity index (χ2n) is 4.95. The number of benzene rings is 2. The number of hydrogen-bond acceptors (Lipinski definition) is 2. The van der Waals surface area contributed by atoms with Crippen molar-refractivity contribution in [3.05, 3.63) is 71.3 Å². The molecule has 0 saturated heterocycles. The fraction of sp³-hybridized carbons (Fsp3) is 0.278. The van der Waals surface area contributed by atoms with Crippen molar-refractivity contribution >= 4 is 5.97 Å². The van der Waals surface area contributed by atoms with Gasteiger partial charge in [-0.05, 0) is 23.1 Å². The van der Waals surface area contributed by atoms with Gasteiger partial charge in [0.1, 0.15) is 0 Å². The van der Waals surface area contributed by atoms with Crippen LogP contribution in [0.25, 0.3) is 0 Å². The van der Waals surface area contributed by atoms with E-state index in [2.05, 4.69) is 6.92 Å². The molecular weight excluding hydrogens is 264 g/mol. The quantitative estimate of drug-likeness (QED) is 0.847. The monoisotopic (exact) mass is 284 g/mol. The molecule has 0 bridgehead atoms. The molecule has 2 rings (SSSR count). The van der Waals surface area contributed by atoms with E-state index in [0.717, 1.165) is 17.5 Å². The van der Waals surface area contributed by atoms with Gasteiger partial charge >= 0.3 is 5.97 Å². The molecule has 0 saturated carbocycles. The summed E-state index contributed by atoms with van der Waals surface area (Å²) in [7, 11) is 0. The first-order chi connectivity index (χ1) is 10.2. The number of carboxylic acid groups (broad SMARTS) is 1. The summed E-state index contributed by atoms with van der Waals surface area (Å²) in [6.07, 6.45) is 0.464. The van der Waals surface area contributed by atoms with Crippen LogP contribution in [0.15, 0.2) is 54.6 Å². The van der Waals surface area contributed by atoms with Gasteiger partial charge in [0.15, 0.2) is 6.10 Å². The van der Waals surface area contributed by atoms with Crippen LogP contribution in [-0.4, -0.2) is 17.2 Å². The zero-order valence-corrected chi connectivity index (χ0v) is 12.2. The highest BCUT2D eigenvalue weighted by Gasteiger charge is 2.19. The van der Waals surface area contributed by atoms with Crippen LogP contribution in [0.3, 0.4) is 0 Å². The molecule has 21 heavy (non-hydrogen) atoms. The predicted octanol–water partition coefficient (Wildman–Crippen LogP) is 3.46. The normalized spacial score (nSPS) is 12.0. The molecule has 3 nitrogen and oxygen atoms in total. The third-order valence-corrected chi connectivity index (χ3v) is 3.47. The highest BCUT2D eigenvalue weighted by Crippen LogP contribution is 2.15. The van der Waals surface area contributed by atoms with Crippen molar-refractivity contribution in [2.75, 3.05) is 0 Å². The van der Waals surface area contributed by atoms with E-state index >= 15 is 0 Å². The van der Waals surface area contributed by atoms with Crippen LogP contribution in [-0.2, 0) is 29.0 Å². The van der Waals surface area contributed by atoms with Crippen LogP contribution >= 0.6 is 0 Å². The highest BCUT2D eigenvalue weighted by atomic mass is 16.5. The Labute approximate surface area is 125 Å². The Morgan fingerprint density at radius 2 is 1.67 bits per heavy atom. The zero-order valence-electron chi connectivity index (χ0n) is 12.2. The molecule has 0 aromatic heterocycles. The van der Waals surface area contributed by atoms with E-state index in [0.29, 0.717) is 13.0 Å². The zero-order chi connectivity index (χ0) is 15.1. The minimum absolute atomic E-state index is 0.312. The second-order valence-corrected chi connectivity index (χ2v) is 4.95. The van der Waals surface area contributed by atoms with Gasteiger partial charge < -0.3 is 9.84 Å². The summed E-state index contributed by atoms with van der Waals surface area (Å²) in [4.78, 5) is 11.4. The summed E-state index contributed by atoms with van der Waals surface area (Å²) < 4.78 is 5.59. The van der Waals surface area contributed by atoms with Crippen molar-refractivity contribution in [3.8, 4) is 0 Å². The first-order valence-corrected chi connectivity index (χ1v) is 7.15. The predicted molar refractivity (Wildman–Crippen MR) is 82.2 cm³/mol. The first-order valence-electron chi connectivity index (χ1n) is 7.15. The molecule has 0 amide bonds. The molecule has 0 aliphatic heterocycles. The molecule has 1 atom stereocenters. The fourth-order valence-electron chi connectivity index (χ4n) is 2.29. The van der Waals surface area contributed by atoms with Crippen molar-refractivity contribution in [1.82, 2.24) is 0 Å². The maximum Gasteiger partial charge on any atom is 0.333 e. The molecule has 0 aliphatic carbocycles. The third-order valence-electron chi connectivity index (χ3n) is 3.47. The van der Waals surface area contributed by atoms with E-state index in [1.54, 1.807) is 0 Å². The minimum Gasteiger partial charge on any atom is -0.479 e. The molecule has 0 spiro atoms. The van der Waals surface area contributed by atoms with Crippen LogP contribution < -0.4 is 0 Å². The van der Waals surface area contributed by atoms with E-state index in [4.69, 9.17) is 4.74 Å². The molecule has 0 fully saturated rings. The van der Waals surface area contributed by atoms with Crippen LogP contribution in [0.2, 0.25) is 0 Å². The lowest BCUT2D eigenvalue weighted by Crippen LogP contribution is -2.26. The number of aryl methyl sites for hydroxylation is 1. The van der Waals surface area contributed by atoms with Crippen molar-refractivity contribution in [1.29, 1.82) is 0 Å². The number of carboxylic acids is 1. The van der Waals surface area contributed by atoms with Gasteiger partial charge in [0.2, 0.25) is 0 Å². The Bertz CT molecular complexity index is 578. The van der Waals surface area contributed by atoms with E-state index in [1.807, 2.05) is 54.6 Å². The van der Waals surface area contributed by atoms with E-state index in [1.165, 1.54) is 5.56 Å². The molecule has 110 valence electrons. The lowest BCUT2D eigenvalue weighted by Gasteiger charge is -2.16. The van der Waals surface area contributed by atoms with Crippen LogP contribution in [0.4, 0.5) is 0 Å². The number of rotatable bonds is 7. The van der Waals surface area contributed by atoms with Crippen LogP contribution in [0.5, 0.6) is 0 Å². The Hall–Kier alpha value is -2.13. The van der Waals surface area contributed by atoms with Gasteiger partial charge in [-0.1, -0.05) is 61.5 Å². The third kappa shape index (κ3) is 4.43. The standard InChI is InChI=1S/C18H20O3/c1-2-15-10-6-7-11-16(15)12-17(18(19)20)21-13-14-8-4-3-5-9-14/h3-11,17H,2,12-13H2,1H3,(H,19,20). The number of aliphatic carboxylic acids is 1. The number of hydrogen-bond donors (Lipinski definition) is 1. The van der Waals surface area contributed by atoms with Gasteiger partial charge in [-0.25, -0.2) is 4.79 Å². The molecule has 0 aliphatic rings. The van der Waals surface area contributed by atoms with Crippen molar-refractivity contribution in [3.63, 3.8) is 0 Å². The van der Waals surface area contributed by atoms with E-state index in [9.17, 15) is 9.90 Å². The van der Waals surface area contributed by atoms with E-state index in [-0.39, 0.29) is 0 Å². The SMILES string of the molecule is CCc1ccccc1CC(OCc1ccccc1)C(=O)O. The molecule has 3 heteroatoms. The van der Waals surface area contributed by atoms with Crippen molar-refractivity contribution in [2.45, 2.75) is 32.5 Å². The Kier molecular flexibility index (Phi) is 5.52. The molecule has 1 N–H and O–H groups in total. The first kappa shape index (κ1) is 15.3. The maximum absolute atomic E-state index is 11.4.